The molecule has 1 aliphatic heterocycles. The van der Waals surface area contributed by atoms with Crippen LogP contribution in [0.5, 0.6) is 0 Å². The molecule has 2 aromatic heterocycles. The van der Waals surface area contributed by atoms with E-state index < -0.39 is 0 Å². The number of guanidine groups is 1. The van der Waals surface area contributed by atoms with Gasteiger partial charge < -0.3 is 24.5 Å². The molecule has 0 unspecified atom stereocenters. The van der Waals surface area contributed by atoms with E-state index in [2.05, 4.69) is 53.4 Å². The Hall–Kier alpha value is -2.49. The van der Waals surface area contributed by atoms with E-state index in [0.29, 0.717) is 18.8 Å². The van der Waals surface area contributed by atoms with Crippen LogP contribution in [0.25, 0.3) is 10.9 Å². The van der Waals surface area contributed by atoms with Crippen molar-refractivity contribution in [1.29, 1.82) is 0 Å². The predicted molar refractivity (Wildman–Crippen MR) is 134 cm³/mol. The first kappa shape index (κ1) is 23.2. The molecule has 1 saturated heterocycles. The molecule has 4 rings (SSSR count). The van der Waals surface area contributed by atoms with E-state index in [1.54, 1.807) is 12.1 Å². The lowest BCUT2D eigenvalue weighted by Gasteiger charge is -2.36. The minimum Gasteiger partial charge on any atom is -0.459 e. The number of hydrogen-bond donors (Lipinski definition) is 2. The van der Waals surface area contributed by atoms with Crippen molar-refractivity contribution in [3.63, 3.8) is 0 Å². The molecule has 2 N–H and O–H groups in total. The number of piperazine rings is 1. The molecule has 3 aromatic rings. The SMILES string of the molecule is CCNC(=NCCc1c[nH]c2cccc(C)c12)N1CCN(C(=O)c2ccco2)CC1.I. The van der Waals surface area contributed by atoms with Crippen molar-refractivity contribution in [2.75, 3.05) is 39.3 Å². The average Bonchev–Trinajstić information content (AvgIpc) is 3.44. The molecule has 1 amide bonds. The summed E-state index contributed by atoms with van der Waals surface area (Å²) in [7, 11) is 0. The number of benzene rings is 1. The molecular formula is C23H30IN5O2. The summed E-state index contributed by atoms with van der Waals surface area (Å²) >= 11 is 0. The zero-order valence-corrected chi connectivity index (χ0v) is 20.4. The molecule has 0 atom stereocenters. The van der Waals surface area contributed by atoms with Crippen molar-refractivity contribution in [2.24, 2.45) is 4.99 Å². The number of nitrogens with one attached hydrogen (secondary N) is 2. The van der Waals surface area contributed by atoms with Gasteiger partial charge in [0.15, 0.2) is 11.7 Å². The van der Waals surface area contributed by atoms with E-state index in [4.69, 9.17) is 9.41 Å². The third-order valence-electron chi connectivity index (χ3n) is 5.57. The number of halogens is 1. The first-order valence-corrected chi connectivity index (χ1v) is 10.6. The normalized spacial score (nSPS) is 14.6. The maximum Gasteiger partial charge on any atom is 0.289 e. The minimum absolute atomic E-state index is 0. The fourth-order valence-corrected chi connectivity index (χ4v) is 4.03. The Morgan fingerprint density at radius 2 is 1.94 bits per heavy atom. The van der Waals surface area contributed by atoms with Gasteiger partial charge in [-0.2, -0.15) is 0 Å². The van der Waals surface area contributed by atoms with Gasteiger partial charge in [0.1, 0.15) is 0 Å². The van der Waals surface area contributed by atoms with Crippen LogP contribution in [0, 0.1) is 6.92 Å². The molecule has 166 valence electrons. The number of aromatic amines is 1. The molecule has 8 heteroatoms. The molecule has 1 fully saturated rings. The van der Waals surface area contributed by atoms with Gasteiger partial charge in [0.2, 0.25) is 0 Å². The van der Waals surface area contributed by atoms with Gasteiger partial charge in [-0.25, -0.2) is 0 Å². The molecule has 3 heterocycles. The highest BCUT2D eigenvalue weighted by Gasteiger charge is 2.25. The van der Waals surface area contributed by atoms with E-state index in [0.717, 1.165) is 38.6 Å². The van der Waals surface area contributed by atoms with Crippen LogP contribution in [0.2, 0.25) is 0 Å². The lowest BCUT2D eigenvalue weighted by atomic mass is 10.1. The van der Waals surface area contributed by atoms with E-state index >= 15 is 0 Å². The summed E-state index contributed by atoms with van der Waals surface area (Å²) < 4.78 is 5.25. The Kier molecular flexibility index (Phi) is 8.00. The molecule has 0 aliphatic carbocycles. The second-order valence-corrected chi connectivity index (χ2v) is 7.55. The highest BCUT2D eigenvalue weighted by molar-refractivity contribution is 14.0. The maximum absolute atomic E-state index is 12.5. The van der Waals surface area contributed by atoms with Crippen molar-refractivity contribution in [3.05, 3.63) is 59.7 Å². The van der Waals surface area contributed by atoms with E-state index in [1.165, 1.54) is 28.3 Å². The Balaban J connectivity index is 0.00000272. The van der Waals surface area contributed by atoms with Crippen molar-refractivity contribution in [1.82, 2.24) is 20.1 Å². The Morgan fingerprint density at radius 1 is 1.16 bits per heavy atom. The smallest absolute Gasteiger partial charge is 0.289 e. The summed E-state index contributed by atoms with van der Waals surface area (Å²) in [6.45, 7) is 8.59. The number of carbonyl (C=O) groups is 1. The highest BCUT2D eigenvalue weighted by Crippen LogP contribution is 2.22. The van der Waals surface area contributed by atoms with Crippen LogP contribution in [0.4, 0.5) is 0 Å². The minimum atomic E-state index is -0.0451. The fraction of sp³-hybridized carbons (Fsp3) is 0.391. The third kappa shape index (κ3) is 5.23. The number of rotatable bonds is 5. The summed E-state index contributed by atoms with van der Waals surface area (Å²) in [6, 6.07) is 9.80. The number of H-pyrrole nitrogens is 1. The van der Waals surface area contributed by atoms with Crippen LogP contribution >= 0.6 is 24.0 Å². The van der Waals surface area contributed by atoms with Gasteiger partial charge in [-0.05, 0) is 49.6 Å². The van der Waals surface area contributed by atoms with Gasteiger partial charge >= 0.3 is 0 Å². The van der Waals surface area contributed by atoms with Gasteiger partial charge in [0.25, 0.3) is 5.91 Å². The topological polar surface area (TPSA) is 76.9 Å². The van der Waals surface area contributed by atoms with Crippen molar-refractivity contribution < 1.29 is 9.21 Å². The van der Waals surface area contributed by atoms with Crippen molar-refractivity contribution in [2.45, 2.75) is 20.3 Å². The van der Waals surface area contributed by atoms with Gasteiger partial charge in [0, 0.05) is 56.4 Å². The standard InChI is InChI=1S/C23H29N5O2.HI/c1-3-24-23(25-10-9-18-16-26-19-7-4-6-17(2)21(18)19)28-13-11-27(12-14-28)22(29)20-8-5-15-30-20;/h4-8,15-16,26H,3,9-14H2,1-2H3,(H,24,25);1H. The van der Waals surface area contributed by atoms with Gasteiger partial charge in [-0.1, -0.05) is 12.1 Å². The quantitative estimate of drug-likeness (QED) is 0.297. The Morgan fingerprint density at radius 3 is 2.65 bits per heavy atom. The molecular weight excluding hydrogens is 505 g/mol. The molecule has 31 heavy (non-hydrogen) atoms. The number of nitrogens with zero attached hydrogens (tertiary/aromatic N) is 3. The number of aliphatic imine (C=N–C) groups is 1. The van der Waals surface area contributed by atoms with E-state index in [-0.39, 0.29) is 29.9 Å². The van der Waals surface area contributed by atoms with E-state index in [9.17, 15) is 4.79 Å². The summed E-state index contributed by atoms with van der Waals surface area (Å²) in [5.74, 6) is 1.27. The number of hydrogen-bond acceptors (Lipinski definition) is 3. The number of fused-ring (bicyclic) bond motifs is 1. The first-order valence-electron chi connectivity index (χ1n) is 10.6. The largest absolute Gasteiger partial charge is 0.459 e. The van der Waals surface area contributed by atoms with Crippen LogP contribution in [-0.2, 0) is 6.42 Å². The number of aromatic nitrogens is 1. The second-order valence-electron chi connectivity index (χ2n) is 7.55. The van der Waals surface area contributed by atoms with Gasteiger partial charge in [-0.15, -0.1) is 24.0 Å². The summed E-state index contributed by atoms with van der Waals surface area (Å²) in [4.78, 5) is 24.8. The maximum atomic E-state index is 12.5. The monoisotopic (exact) mass is 535 g/mol. The molecule has 1 aliphatic rings. The molecule has 0 bridgehead atoms. The summed E-state index contributed by atoms with van der Waals surface area (Å²) in [5, 5.41) is 4.71. The van der Waals surface area contributed by atoms with Crippen LogP contribution in [0.15, 0.2) is 52.2 Å². The van der Waals surface area contributed by atoms with Crippen LogP contribution in [0.1, 0.15) is 28.6 Å². The molecule has 0 spiro atoms. The lowest BCUT2D eigenvalue weighted by molar-refractivity contribution is 0.0657. The zero-order chi connectivity index (χ0) is 20.9. The number of amides is 1. The summed E-state index contributed by atoms with van der Waals surface area (Å²) in [5.41, 5.74) is 3.77. The predicted octanol–water partition coefficient (Wildman–Crippen LogP) is 3.65. The fourth-order valence-electron chi connectivity index (χ4n) is 4.03. The van der Waals surface area contributed by atoms with E-state index in [1.807, 2.05) is 4.90 Å². The van der Waals surface area contributed by atoms with Crippen LogP contribution in [-0.4, -0.2) is 65.9 Å². The number of carbonyl (C=O) groups excluding carboxylic acids is 1. The Bertz CT molecular complexity index is 1020. The van der Waals surface area contributed by atoms with Crippen LogP contribution in [0.3, 0.4) is 0 Å². The van der Waals surface area contributed by atoms with Crippen molar-refractivity contribution in [3.8, 4) is 0 Å². The summed E-state index contributed by atoms with van der Waals surface area (Å²) in [6.07, 6.45) is 4.52. The number of aryl methyl sites for hydroxylation is 1. The third-order valence-corrected chi connectivity index (χ3v) is 5.57. The zero-order valence-electron chi connectivity index (χ0n) is 18.1. The second kappa shape index (κ2) is 10.7. The van der Waals surface area contributed by atoms with Crippen LogP contribution < -0.4 is 5.32 Å². The van der Waals surface area contributed by atoms with Gasteiger partial charge in [0.05, 0.1) is 6.26 Å². The Labute approximate surface area is 199 Å². The average molecular weight is 535 g/mol. The van der Waals surface area contributed by atoms with Crippen molar-refractivity contribution >= 4 is 46.7 Å². The molecule has 0 saturated carbocycles. The number of furan rings is 1. The highest BCUT2D eigenvalue weighted by atomic mass is 127. The molecule has 7 nitrogen and oxygen atoms in total. The van der Waals surface area contributed by atoms with Gasteiger partial charge in [-0.3, -0.25) is 9.79 Å². The molecule has 1 aromatic carbocycles. The lowest BCUT2D eigenvalue weighted by Crippen LogP contribution is -2.53. The first-order chi connectivity index (χ1) is 14.7. The molecule has 0 radical (unpaired) electrons.